The monoisotopic (exact) mass is 309 g/mol. The Morgan fingerprint density at radius 2 is 1.57 bits per heavy atom. The van der Waals surface area contributed by atoms with Gasteiger partial charge in [-0.05, 0) is 29.1 Å². The van der Waals surface area contributed by atoms with Crippen LogP contribution in [-0.4, -0.2) is 26.3 Å². The molecule has 0 spiro atoms. The Hall–Kier alpha value is -2.75. The Labute approximate surface area is 135 Å². The van der Waals surface area contributed by atoms with E-state index in [1.807, 2.05) is 36.5 Å². The lowest BCUT2D eigenvalue weighted by Gasteiger charge is -2.14. The molecule has 23 heavy (non-hydrogen) atoms. The molecule has 1 aromatic heterocycles. The Morgan fingerprint density at radius 3 is 2.22 bits per heavy atom. The summed E-state index contributed by atoms with van der Waals surface area (Å²) >= 11 is 0. The van der Waals surface area contributed by atoms with E-state index in [9.17, 15) is 0 Å². The Bertz CT molecular complexity index is 799. The third-order valence-corrected chi connectivity index (χ3v) is 3.85. The largest absolute Gasteiger partial charge is 0.493 e. The summed E-state index contributed by atoms with van der Waals surface area (Å²) in [7, 11) is 4.85. The minimum absolute atomic E-state index is 0.602. The first kappa shape index (κ1) is 15.2. The van der Waals surface area contributed by atoms with Gasteiger partial charge in [0.15, 0.2) is 11.5 Å². The number of aromatic nitrogens is 1. The molecule has 0 radical (unpaired) electrons. The van der Waals surface area contributed by atoms with Crippen LogP contribution in [0.1, 0.15) is 11.3 Å². The van der Waals surface area contributed by atoms with Crippen LogP contribution in [0, 0.1) is 0 Å². The summed E-state index contributed by atoms with van der Waals surface area (Å²) in [5, 5.41) is 2.34. The summed E-state index contributed by atoms with van der Waals surface area (Å²) in [6.07, 6.45) is 2.54. The van der Waals surface area contributed by atoms with E-state index < -0.39 is 0 Å². The highest BCUT2D eigenvalue weighted by Gasteiger charge is 2.14. The average molecular weight is 309 g/mol. The van der Waals surface area contributed by atoms with Crippen molar-refractivity contribution >= 4 is 10.8 Å². The summed E-state index contributed by atoms with van der Waals surface area (Å²) in [5.41, 5.74) is 2.08. The van der Waals surface area contributed by atoms with Crippen molar-refractivity contribution in [3.05, 3.63) is 59.9 Å². The molecule has 0 aliphatic heterocycles. The average Bonchev–Trinajstić information content (AvgIpc) is 2.61. The van der Waals surface area contributed by atoms with Crippen molar-refractivity contribution < 1.29 is 14.2 Å². The molecule has 3 aromatic rings. The van der Waals surface area contributed by atoms with Crippen LogP contribution in [0.5, 0.6) is 17.2 Å². The van der Waals surface area contributed by atoms with E-state index in [4.69, 9.17) is 14.2 Å². The number of benzene rings is 2. The van der Waals surface area contributed by atoms with Gasteiger partial charge in [0.1, 0.15) is 0 Å². The van der Waals surface area contributed by atoms with Gasteiger partial charge in [-0.2, -0.15) is 0 Å². The zero-order chi connectivity index (χ0) is 16.2. The third-order valence-electron chi connectivity index (χ3n) is 3.85. The van der Waals surface area contributed by atoms with E-state index in [2.05, 4.69) is 17.1 Å². The summed E-state index contributed by atoms with van der Waals surface area (Å²) in [6.45, 7) is 0. The molecule has 118 valence electrons. The minimum Gasteiger partial charge on any atom is -0.493 e. The topological polar surface area (TPSA) is 40.6 Å². The standard InChI is InChI=1S/C19H19NO3/c1-21-17-11-13(12-18(22-2)19(17)23-3)10-16-15-7-5-4-6-14(15)8-9-20-16/h4-9,11-12H,10H2,1-3H3. The minimum atomic E-state index is 0.602. The number of rotatable bonds is 5. The lowest BCUT2D eigenvalue weighted by atomic mass is 10.0. The molecular weight excluding hydrogens is 290 g/mol. The lowest BCUT2D eigenvalue weighted by Crippen LogP contribution is -1.99. The van der Waals surface area contributed by atoms with Gasteiger partial charge in [0.05, 0.1) is 27.0 Å². The second-order valence-electron chi connectivity index (χ2n) is 5.19. The van der Waals surface area contributed by atoms with Gasteiger partial charge in [-0.1, -0.05) is 24.3 Å². The van der Waals surface area contributed by atoms with Crippen molar-refractivity contribution in [1.29, 1.82) is 0 Å². The van der Waals surface area contributed by atoms with Gasteiger partial charge in [-0.3, -0.25) is 4.98 Å². The highest BCUT2D eigenvalue weighted by molar-refractivity contribution is 5.84. The van der Waals surface area contributed by atoms with E-state index in [1.54, 1.807) is 21.3 Å². The first-order valence-electron chi connectivity index (χ1n) is 7.38. The van der Waals surface area contributed by atoms with E-state index >= 15 is 0 Å². The molecular formula is C19H19NO3. The van der Waals surface area contributed by atoms with E-state index in [0.717, 1.165) is 16.6 Å². The number of hydrogen-bond donors (Lipinski definition) is 0. The van der Waals surface area contributed by atoms with Crippen LogP contribution < -0.4 is 14.2 Å². The third kappa shape index (κ3) is 2.93. The number of ether oxygens (including phenoxy) is 3. The number of fused-ring (bicyclic) bond motifs is 1. The van der Waals surface area contributed by atoms with Crippen LogP contribution in [0.15, 0.2) is 48.7 Å². The highest BCUT2D eigenvalue weighted by Crippen LogP contribution is 2.38. The molecule has 4 heteroatoms. The first-order chi connectivity index (χ1) is 11.3. The van der Waals surface area contributed by atoms with Gasteiger partial charge >= 0.3 is 0 Å². The Morgan fingerprint density at radius 1 is 0.870 bits per heavy atom. The van der Waals surface area contributed by atoms with E-state index in [0.29, 0.717) is 23.7 Å². The fourth-order valence-electron chi connectivity index (χ4n) is 2.75. The summed E-state index contributed by atoms with van der Waals surface area (Å²) in [5.74, 6) is 1.91. The molecule has 1 heterocycles. The molecule has 0 saturated heterocycles. The zero-order valence-electron chi connectivity index (χ0n) is 13.5. The first-order valence-corrected chi connectivity index (χ1v) is 7.38. The molecule has 0 unspecified atom stereocenters. The molecule has 0 amide bonds. The molecule has 3 rings (SSSR count). The van der Waals surface area contributed by atoms with E-state index in [1.165, 1.54) is 5.39 Å². The maximum absolute atomic E-state index is 5.42. The molecule has 4 nitrogen and oxygen atoms in total. The van der Waals surface area contributed by atoms with Crippen LogP contribution >= 0.6 is 0 Å². The number of methoxy groups -OCH3 is 3. The van der Waals surface area contributed by atoms with Gasteiger partial charge in [0.2, 0.25) is 5.75 Å². The second kappa shape index (κ2) is 6.57. The predicted octanol–water partition coefficient (Wildman–Crippen LogP) is 3.85. The SMILES string of the molecule is COc1cc(Cc2nccc3ccccc23)cc(OC)c1OC. The second-order valence-corrected chi connectivity index (χ2v) is 5.19. The van der Waals surface area contributed by atoms with Crippen molar-refractivity contribution in [3.8, 4) is 17.2 Å². The maximum atomic E-state index is 5.42. The van der Waals surface area contributed by atoms with Gasteiger partial charge in [0.25, 0.3) is 0 Å². The zero-order valence-corrected chi connectivity index (χ0v) is 13.5. The van der Waals surface area contributed by atoms with E-state index in [-0.39, 0.29) is 0 Å². The smallest absolute Gasteiger partial charge is 0.203 e. The molecule has 0 aliphatic carbocycles. The van der Waals surface area contributed by atoms with Crippen molar-refractivity contribution in [2.24, 2.45) is 0 Å². The van der Waals surface area contributed by atoms with Crippen LogP contribution in [0.25, 0.3) is 10.8 Å². The molecule has 0 atom stereocenters. The Kier molecular flexibility index (Phi) is 4.33. The molecule has 0 bridgehead atoms. The lowest BCUT2D eigenvalue weighted by molar-refractivity contribution is 0.324. The highest BCUT2D eigenvalue weighted by atomic mass is 16.5. The van der Waals surface area contributed by atoms with Gasteiger partial charge in [-0.15, -0.1) is 0 Å². The predicted molar refractivity (Wildman–Crippen MR) is 90.6 cm³/mol. The number of hydrogen-bond acceptors (Lipinski definition) is 4. The van der Waals surface area contributed by atoms with Gasteiger partial charge in [-0.25, -0.2) is 0 Å². The van der Waals surface area contributed by atoms with Crippen molar-refractivity contribution in [2.75, 3.05) is 21.3 Å². The molecule has 2 aromatic carbocycles. The molecule has 0 N–H and O–H groups in total. The van der Waals surface area contributed by atoms with Crippen LogP contribution in [0.4, 0.5) is 0 Å². The summed E-state index contributed by atoms with van der Waals surface area (Å²) in [4.78, 5) is 4.54. The van der Waals surface area contributed by atoms with Gasteiger partial charge in [0, 0.05) is 18.0 Å². The van der Waals surface area contributed by atoms with Crippen LogP contribution in [0.3, 0.4) is 0 Å². The quantitative estimate of drug-likeness (QED) is 0.718. The summed E-state index contributed by atoms with van der Waals surface area (Å²) in [6, 6.07) is 14.2. The van der Waals surface area contributed by atoms with Crippen LogP contribution in [-0.2, 0) is 6.42 Å². The molecule has 0 saturated carbocycles. The number of nitrogens with zero attached hydrogens (tertiary/aromatic N) is 1. The normalized spacial score (nSPS) is 10.6. The number of pyridine rings is 1. The van der Waals surface area contributed by atoms with Crippen molar-refractivity contribution in [2.45, 2.75) is 6.42 Å². The van der Waals surface area contributed by atoms with Crippen LogP contribution in [0.2, 0.25) is 0 Å². The summed E-state index contributed by atoms with van der Waals surface area (Å²) < 4.78 is 16.2. The maximum Gasteiger partial charge on any atom is 0.203 e. The fraction of sp³-hybridized carbons (Fsp3) is 0.211. The Balaban J connectivity index is 2.05. The molecule has 0 aliphatic rings. The van der Waals surface area contributed by atoms with Crippen molar-refractivity contribution in [3.63, 3.8) is 0 Å². The van der Waals surface area contributed by atoms with Gasteiger partial charge < -0.3 is 14.2 Å². The van der Waals surface area contributed by atoms with Crippen molar-refractivity contribution in [1.82, 2.24) is 4.98 Å². The molecule has 0 fully saturated rings. The fourth-order valence-corrected chi connectivity index (χ4v) is 2.75.